The van der Waals surface area contributed by atoms with Gasteiger partial charge in [-0.05, 0) is 35.9 Å². The topological polar surface area (TPSA) is 102 Å². The van der Waals surface area contributed by atoms with Crippen molar-refractivity contribution in [3.63, 3.8) is 0 Å². The highest BCUT2D eigenvalue weighted by atomic mass is 16.6. The summed E-state index contributed by atoms with van der Waals surface area (Å²) < 4.78 is 1.31. The molecule has 3 rings (SSSR count). The van der Waals surface area contributed by atoms with Crippen molar-refractivity contribution in [2.24, 2.45) is 7.05 Å². The summed E-state index contributed by atoms with van der Waals surface area (Å²) in [5, 5.41) is 21.4. The van der Waals surface area contributed by atoms with Crippen LogP contribution in [0.15, 0.2) is 59.4 Å². The zero-order valence-electron chi connectivity index (χ0n) is 13.7. The average molecular weight is 350 g/mol. The van der Waals surface area contributed by atoms with E-state index in [1.807, 2.05) is 0 Å². The zero-order chi connectivity index (χ0) is 18.8. The van der Waals surface area contributed by atoms with Gasteiger partial charge in [-0.3, -0.25) is 19.7 Å². The predicted molar refractivity (Wildman–Crippen MR) is 97.3 cm³/mol. The first-order valence-electron chi connectivity index (χ1n) is 7.67. The van der Waals surface area contributed by atoms with Crippen LogP contribution in [0.1, 0.15) is 15.9 Å². The number of rotatable bonds is 4. The van der Waals surface area contributed by atoms with Gasteiger partial charge in [0.2, 0.25) is 0 Å². The number of nitro groups is 1. The number of pyridine rings is 1. The third-order valence-electron chi connectivity index (χ3n) is 4.05. The number of para-hydroxylation sites is 1. The van der Waals surface area contributed by atoms with Gasteiger partial charge in [0.05, 0.1) is 10.4 Å². The van der Waals surface area contributed by atoms with Crippen LogP contribution < -0.4 is 5.56 Å². The first kappa shape index (κ1) is 17.1. The van der Waals surface area contributed by atoms with E-state index < -0.39 is 16.3 Å². The summed E-state index contributed by atoms with van der Waals surface area (Å²) in [6.07, 6.45) is 2.59. The fourth-order valence-electron chi connectivity index (χ4n) is 2.66. The molecule has 7 heteroatoms. The normalized spacial score (nSPS) is 11.1. The second-order valence-corrected chi connectivity index (χ2v) is 5.65. The number of carbonyl (C=O) groups excluding carboxylic acids is 1. The van der Waals surface area contributed by atoms with E-state index >= 15 is 0 Å². The summed E-state index contributed by atoms with van der Waals surface area (Å²) in [6, 6.07) is 12.3. The molecule has 130 valence electrons. The number of hydrogen-bond acceptors (Lipinski definition) is 5. The Hall–Kier alpha value is -3.74. The van der Waals surface area contributed by atoms with Gasteiger partial charge in [0.25, 0.3) is 11.2 Å². The van der Waals surface area contributed by atoms with Crippen molar-refractivity contribution in [2.75, 3.05) is 0 Å². The Kier molecular flexibility index (Phi) is 4.36. The van der Waals surface area contributed by atoms with Crippen LogP contribution in [0.25, 0.3) is 17.0 Å². The van der Waals surface area contributed by atoms with Crippen molar-refractivity contribution >= 4 is 28.4 Å². The third kappa shape index (κ3) is 2.98. The molecule has 0 radical (unpaired) electrons. The predicted octanol–water partition coefficient (Wildman–Crippen LogP) is 3.05. The van der Waals surface area contributed by atoms with E-state index in [2.05, 4.69) is 0 Å². The van der Waals surface area contributed by atoms with E-state index in [1.54, 1.807) is 24.3 Å². The van der Waals surface area contributed by atoms with Crippen molar-refractivity contribution in [2.45, 2.75) is 0 Å². The summed E-state index contributed by atoms with van der Waals surface area (Å²) in [6.45, 7) is 0. The molecule has 7 nitrogen and oxygen atoms in total. The first-order chi connectivity index (χ1) is 12.4. The number of aromatic nitrogens is 1. The van der Waals surface area contributed by atoms with Crippen LogP contribution in [0.5, 0.6) is 5.75 Å². The largest absolute Gasteiger partial charge is 0.506 e. The molecule has 3 aromatic rings. The maximum absolute atomic E-state index is 12.5. The van der Waals surface area contributed by atoms with Gasteiger partial charge in [0, 0.05) is 24.6 Å². The van der Waals surface area contributed by atoms with E-state index in [1.165, 1.54) is 42.0 Å². The molecule has 0 aliphatic heterocycles. The SMILES string of the molecule is Cn1c(=O)c(C(=O)/C=C/c2ccc([N+](=O)[O-])cc2)c(O)c2ccccc21. The summed E-state index contributed by atoms with van der Waals surface area (Å²) in [4.78, 5) is 35.0. The molecular weight excluding hydrogens is 336 g/mol. The monoisotopic (exact) mass is 350 g/mol. The summed E-state index contributed by atoms with van der Waals surface area (Å²) in [5.74, 6) is -1.01. The molecule has 1 aromatic heterocycles. The maximum Gasteiger partial charge on any atom is 0.269 e. The van der Waals surface area contributed by atoms with Crippen molar-refractivity contribution in [1.82, 2.24) is 4.57 Å². The molecular formula is C19H14N2O5. The van der Waals surface area contributed by atoms with Crippen molar-refractivity contribution in [1.29, 1.82) is 0 Å². The van der Waals surface area contributed by atoms with Crippen molar-refractivity contribution < 1.29 is 14.8 Å². The second-order valence-electron chi connectivity index (χ2n) is 5.65. The summed E-state index contributed by atoms with van der Waals surface area (Å²) in [7, 11) is 1.53. The van der Waals surface area contributed by atoms with Crippen LogP contribution in [0.3, 0.4) is 0 Å². The van der Waals surface area contributed by atoms with Crippen molar-refractivity contribution in [3.05, 3.63) is 86.2 Å². The molecule has 0 saturated heterocycles. The van der Waals surface area contributed by atoms with Gasteiger partial charge in [0.15, 0.2) is 5.78 Å². The van der Waals surface area contributed by atoms with Gasteiger partial charge in [-0.15, -0.1) is 0 Å². The van der Waals surface area contributed by atoms with E-state index in [-0.39, 0.29) is 17.0 Å². The molecule has 0 aliphatic carbocycles. The Bertz CT molecular complexity index is 1110. The number of carbonyl (C=O) groups is 1. The molecule has 0 bridgehead atoms. The first-order valence-corrected chi connectivity index (χ1v) is 7.67. The Morgan fingerprint density at radius 1 is 1.15 bits per heavy atom. The molecule has 0 aliphatic rings. The number of nitrogens with zero attached hydrogens (tertiary/aromatic N) is 2. The quantitative estimate of drug-likeness (QED) is 0.337. The summed E-state index contributed by atoms with van der Waals surface area (Å²) in [5.41, 5.74) is 0.102. The van der Waals surface area contributed by atoms with Gasteiger partial charge in [-0.2, -0.15) is 0 Å². The highest BCUT2D eigenvalue weighted by Gasteiger charge is 2.19. The van der Waals surface area contributed by atoms with Gasteiger partial charge in [0.1, 0.15) is 11.3 Å². The van der Waals surface area contributed by atoms with E-state index in [0.717, 1.165) is 6.08 Å². The van der Waals surface area contributed by atoms with Crippen LogP contribution >= 0.6 is 0 Å². The zero-order valence-corrected chi connectivity index (χ0v) is 13.7. The minimum atomic E-state index is -0.646. The Balaban J connectivity index is 2.00. The Morgan fingerprint density at radius 2 is 1.81 bits per heavy atom. The van der Waals surface area contributed by atoms with Crippen LogP contribution in [-0.2, 0) is 7.05 Å². The number of hydrogen-bond donors (Lipinski definition) is 1. The van der Waals surface area contributed by atoms with Crippen LogP contribution in [0.4, 0.5) is 5.69 Å². The third-order valence-corrected chi connectivity index (χ3v) is 4.05. The number of aromatic hydroxyl groups is 1. The molecule has 0 saturated carbocycles. The standard InChI is InChI=1S/C19H14N2O5/c1-20-15-5-3-2-4-14(15)18(23)17(19(20)24)16(22)11-8-12-6-9-13(10-7-12)21(25)26/h2-11,23H,1H3/b11-8+. The molecule has 0 fully saturated rings. The molecule has 0 spiro atoms. The lowest BCUT2D eigenvalue weighted by atomic mass is 10.1. The average Bonchev–Trinajstić information content (AvgIpc) is 2.65. The smallest absolute Gasteiger partial charge is 0.269 e. The molecule has 26 heavy (non-hydrogen) atoms. The number of allylic oxidation sites excluding steroid dienone is 1. The van der Waals surface area contributed by atoms with Crippen LogP contribution in [-0.4, -0.2) is 20.4 Å². The van der Waals surface area contributed by atoms with Crippen molar-refractivity contribution in [3.8, 4) is 5.75 Å². The highest BCUT2D eigenvalue weighted by molar-refractivity contribution is 6.11. The lowest BCUT2D eigenvalue weighted by Gasteiger charge is -2.09. The number of ketones is 1. The van der Waals surface area contributed by atoms with Gasteiger partial charge in [-0.1, -0.05) is 18.2 Å². The number of nitro benzene ring substituents is 1. The number of non-ortho nitro benzene ring substituents is 1. The van der Waals surface area contributed by atoms with Gasteiger partial charge in [-0.25, -0.2) is 0 Å². The minimum Gasteiger partial charge on any atom is -0.506 e. The summed E-state index contributed by atoms with van der Waals surface area (Å²) >= 11 is 0. The van der Waals surface area contributed by atoms with E-state index in [9.17, 15) is 24.8 Å². The number of aryl methyl sites for hydroxylation is 1. The second kappa shape index (κ2) is 6.64. The fourth-order valence-corrected chi connectivity index (χ4v) is 2.66. The number of benzene rings is 2. The van der Waals surface area contributed by atoms with Crippen LogP contribution in [0, 0.1) is 10.1 Å². The van der Waals surface area contributed by atoms with E-state index in [0.29, 0.717) is 16.5 Å². The lowest BCUT2D eigenvalue weighted by Crippen LogP contribution is -2.24. The van der Waals surface area contributed by atoms with Crippen LogP contribution in [0.2, 0.25) is 0 Å². The minimum absolute atomic E-state index is 0.0606. The van der Waals surface area contributed by atoms with Gasteiger partial charge >= 0.3 is 0 Å². The fraction of sp³-hybridized carbons (Fsp3) is 0.0526. The Labute approximate surface area is 147 Å². The lowest BCUT2D eigenvalue weighted by molar-refractivity contribution is -0.384. The highest BCUT2D eigenvalue weighted by Crippen LogP contribution is 2.26. The van der Waals surface area contributed by atoms with Gasteiger partial charge < -0.3 is 9.67 Å². The molecule has 2 aromatic carbocycles. The number of fused-ring (bicyclic) bond motifs is 1. The molecule has 0 unspecified atom stereocenters. The maximum atomic E-state index is 12.5. The Morgan fingerprint density at radius 3 is 2.46 bits per heavy atom. The molecule has 0 atom stereocenters. The molecule has 0 amide bonds. The van der Waals surface area contributed by atoms with E-state index in [4.69, 9.17) is 0 Å². The molecule has 1 N–H and O–H groups in total. The molecule has 1 heterocycles.